The molecule has 0 aliphatic heterocycles. The lowest BCUT2D eigenvalue weighted by Crippen LogP contribution is -2.25. The van der Waals surface area contributed by atoms with Crippen LogP contribution in [0.2, 0.25) is 0 Å². The van der Waals surface area contributed by atoms with Gasteiger partial charge in [0.1, 0.15) is 11.6 Å². The van der Waals surface area contributed by atoms with Crippen molar-refractivity contribution in [3.8, 4) is 0 Å². The number of amides is 1. The van der Waals surface area contributed by atoms with Gasteiger partial charge in [-0.3, -0.25) is 4.79 Å². The second-order valence-electron chi connectivity index (χ2n) is 4.52. The lowest BCUT2D eigenvalue weighted by molar-refractivity contribution is 0.0953. The molecule has 0 bridgehead atoms. The first-order valence-electron chi connectivity index (χ1n) is 6.64. The summed E-state index contributed by atoms with van der Waals surface area (Å²) >= 11 is 0. The van der Waals surface area contributed by atoms with Gasteiger partial charge in [0.15, 0.2) is 0 Å². The number of anilines is 2. The van der Waals surface area contributed by atoms with E-state index in [9.17, 15) is 9.18 Å². The van der Waals surface area contributed by atoms with Gasteiger partial charge in [0.2, 0.25) is 0 Å². The highest BCUT2D eigenvalue weighted by Crippen LogP contribution is 2.05. The molecule has 0 radical (unpaired) electrons. The first-order chi connectivity index (χ1) is 10.1. The zero-order valence-electron chi connectivity index (χ0n) is 11.5. The largest absolute Gasteiger partial charge is 0.397 e. The number of carbonyl (C=O) groups is 1. The van der Waals surface area contributed by atoms with E-state index in [1.54, 1.807) is 24.4 Å². The summed E-state index contributed by atoms with van der Waals surface area (Å²) in [6, 6.07) is 9.17. The van der Waals surface area contributed by atoms with Crippen LogP contribution in [0.4, 0.5) is 15.9 Å². The Kier molecular flexibility index (Phi) is 5.09. The Labute approximate surface area is 122 Å². The monoisotopic (exact) mass is 288 g/mol. The summed E-state index contributed by atoms with van der Waals surface area (Å²) in [5, 5.41) is 5.85. The van der Waals surface area contributed by atoms with Gasteiger partial charge in [-0.15, -0.1) is 0 Å². The van der Waals surface area contributed by atoms with E-state index in [2.05, 4.69) is 15.6 Å². The highest BCUT2D eigenvalue weighted by Gasteiger charge is 2.05. The number of nitrogens with zero attached hydrogens (tertiary/aromatic N) is 1. The van der Waals surface area contributed by atoms with Crippen molar-refractivity contribution in [1.82, 2.24) is 10.3 Å². The number of rotatable bonds is 6. The summed E-state index contributed by atoms with van der Waals surface area (Å²) in [4.78, 5) is 15.8. The van der Waals surface area contributed by atoms with Crippen LogP contribution in [0, 0.1) is 5.82 Å². The molecular weight excluding hydrogens is 271 g/mol. The fourth-order valence-electron chi connectivity index (χ4n) is 1.75. The van der Waals surface area contributed by atoms with Crippen molar-refractivity contribution in [2.24, 2.45) is 0 Å². The highest BCUT2D eigenvalue weighted by atomic mass is 19.1. The summed E-state index contributed by atoms with van der Waals surface area (Å²) in [6.45, 7) is 1.16. The molecule has 0 saturated heterocycles. The summed E-state index contributed by atoms with van der Waals surface area (Å²) in [5.41, 5.74) is 6.47. The number of carbonyl (C=O) groups excluding carboxylic acids is 1. The molecule has 5 nitrogen and oxygen atoms in total. The van der Waals surface area contributed by atoms with Gasteiger partial charge in [0.25, 0.3) is 5.91 Å². The molecule has 4 N–H and O–H groups in total. The molecule has 2 rings (SSSR count). The Hall–Kier alpha value is -2.63. The Morgan fingerprint density at radius 1 is 1.24 bits per heavy atom. The van der Waals surface area contributed by atoms with Crippen LogP contribution < -0.4 is 16.4 Å². The lowest BCUT2D eigenvalue weighted by Gasteiger charge is -2.07. The average molecular weight is 288 g/mol. The SMILES string of the molecule is Nc1ccc(NCCCNC(=O)c2cccc(F)c2)nc1. The average Bonchev–Trinajstić information content (AvgIpc) is 2.48. The molecule has 1 aromatic carbocycles. The second-order valence-corrected chi connectivity index (χ2v) is 4.52. The van der Waals surface area contributed by atoms with Gasteiger partial charge in [-0.1, -0.05) is 6.07 Å². The molecule has 0 spiro atoms. The van der Waals surface area contributed by atoms with Crippen molar-refractivity contribution in [1.29, 1.82) is 0 Å². The maximum Gasteiger partial charge on any atom is 0.251 e. The smallest absolute Gasteiger partial charge is 0.251 e. The first-order valence-corrected chi connectivity index (χ1v) is 6.64. The van der Waals surface area contributed by atoms with Gasteiger partial charge in [0.05, 0.1) is 11.9 Å². The van der Waals surface area contributed by atoms with Crippen molar-refractivity contribution in [3.63, 3.8) is 0 Å². The molecule has 21 heavy (non-hydrogen) atoms. The summed E-state index contributed by atoms with van der Waals surface area (Å²) in [6.07, 6.45) is 2.31. The second kappa shape index (κ2) is 7.23. The molecule has 1 amide bonds. The number of nitrogens with one attached hydrogen (secondary N) is 2. The normalized spacial score (nSPS) is 10.1. The topological polar surface area (TPSA) is 80.0 Å². The van der Waals surface area contributed by atoms with Gasteiger partial charge in [-0.05, 0) is 36.8 Å². The van der Waals surface area contributed by atoms with Gasteiger partial charge in [-0.2, -0.15) is 0 Å². The van der Waals surface area contributed by atoms with Crippen molar-refractivity contribution < 1.29 is 9.18 Å². The number of nitrogens with two attached hydrogens (primary N) is 1. The minimum atomic E-state index is -0.418. The molecule has 110 valence electrons. The third-order valence-corrected chi connectivity index (χ3v) is 2.82. The predicted molar refractivity (Wildman–Crippen MR) is 80.5 cm³/mol. The fraction of sp³-hybridized carbons (Fsp3) is 0.200. The maximum atomic E-state index is 13.0. The number of halogens is 1. The molecule has 0 atom stereocenters. The predicted octanol–water partition coefficient (Wildman–Crippen LogP) is 2.03. The lowest BCUT2D eigenvalue weighted by atomic mass is 10.2. The van der Waals surface area contributed by atoms with Crippen LogP contribution in [0.5, 0.6) is 0 Å². The van der Waals surface area contributed by atoms with Crippen LogP contribution in [0.15, 0.2) is 42.6 Å². The Bertz CT molecular complexity index is 601. The van der Waals surface area contributed by atoms with Crippen LogP contribution in [0.25, 0.3) is 0 Å². The number of pyridine rings is 1. The van der Waals surface area contributed by atoms with E-state index in [1.807, 2.05) is 0 Å². The zero-order chi connectivity index (χ0) is 15.1. The maximum absolute atomic E-state index is 13.0. The molecule has 0 aliphatic rings. The molecule has 2 aromatic rings. The minimum Gasteiger partial charge on any atom is -0.397 e. The van der Waals surface area contributed by atoms with E-state index < -0.39 is 5.82 Å². The van der Waals surface area contributed by atoms with Crippen LogP contribution in [0.1, 0.15) is 16.8 Å². The Morgan fingerprint density at radius 2 is 2.10 bits per heavy atom. The molecule has 0 fully saturated rings. The summed E-state index contributed by atoms with van der Waals surface area (Å²) in [7, 11) is 0. The van der Waals surface area contributed by atoms with Gasteiger partial charge >= 0.3 is 0 Å². The number of hydrogen-bond donors (Lipinski definition) is 3. The molecule has 0 unspecified atom stereocenters. The quantitative estimate of drug-likeness (QED) is 0.711. The molecule has 6 heteroatoms. The molecular formula is C15H17FN4O. The number of nitrogen functional groups attached to an aromatic ring is 1. The number of benzene rings is 1. The first kappa shape index (κ1) is 14.8. The standard InChI is InChI=1S/C15H17FN4O/c16-12-4-1-3-11(9-12)15(21)19-8-2-7-18-14-6-5-13(17)10-20-14/h1,3-6,9-10H,2,7-8,17H2,(H,18,20)(H,19,21). The van der Waals surface area contributed by atoms with Crippen LogP contribution in [0.3, 0.4) is 0 Å². The van der Waals surface area contributed by atoms with Crippen LogP contribution in [-0.4, -0.2) is 24.0 Å². The van der Waals surface area contributed by atoms with Gasteiger partial charge < -0.3 is 16.4 Å². The van der Waals surface area contributed by atoms with E-state index in [1.165, 1.54) is 18.2 Å². The van der Waals surface area contributed by atoms with E-state index in [-0.39, 0.29) is 5.91 Å². The number of hydrogen-bond acceptors (Lipinski definition) is 4. The minimum absolute atomic E-state index is 0.278. The van der Waals surface area contributed by atoms with E-state index in [4.69, 9.17) is 5.73 Å². The zero-order valence-corrected chi connectivity index (χ0v) is 11.5. The van der Waals surface area contributed by atoms with Crippen molar-refractivity contribution in [2.45, 2.75) is 6.42 Å². The van der Waals surface area contributed by atoms with E-state index in [0.29, 0.717) is 24.3 Å². The van der Waals surface area contributed by atoms with Crippen molar-refractivity contribution in [3.05, 3.63) is 54.0 Å². The molecule has 1 aromatic heterocycles. The highest BCUT2D eigenvalue weighted by molar-refractivity contribution is 5.94. The van der Waals surface area contributed by atoms with Crippen LogP contribution >= 0.6 is 0 Å². The van der Waals surface area contributed by atoms with E-state index >= 15 is 0 Å². The van der Waals surface area contributed by atoms with Gasteiger partial charge in [0, 0.05) is 18.7 Å². The molecule has 1 heterocycles. The van der Waals surface area contributed by atoms with Gasteiger partial charge in [-0.25, -0.2) is 9.37 Å². The third kappa shape index (κ3) is 4.76. The van der Waals surface area contributed by atoms with Crippen molar-refractivity contribution in [2.75, 3.05) is 24.1 Å². The Balaban J connectivity index is 1.68. The molecule has 0 saturated carbocycles. The summed E-state index contributed by atoms with van der Waals surface area (Å²) < 4.78 is 13.0. The van der Waals surface area contributed by atoms with E-state index in [0.717, 1.165) is 12.2 Å². The Morgan fingerprint density at radius 3 is 2.81 bits per heavy atom. The number of aromatic nitrogens is 1. The van der Waals surface area contributed by atoms with Crippen molar-refractivity contribution >= 4 is 17.4 Å². The third-order valence-electron chi connectivity index (χ3n) is 2.82. The fourth-order valence-corrected chi connectivity index (χ4v) is 1.75. The van der Waals surface area contributed by atoms with Crippen LogP contribution in [-0.2, 0) is 0 Å². The molecule has 0 aliphatic carbocycles. The summed E-state index contributed by atoms with van der Waals surface area (Å²) in [5.74, 6) is 0.0412.